The van der Waals surface area contributed by atoms with E-state index in [1.165, 1.54) is 6.08 Å². The molecule has 0 aliphatic rings. The van der Waals surface area contributed by atoms with E-state index >= 15 is 0 Å². The molecule has 1 aromatic carbocycles. The number of rotatable bonds is 4. The first-order valence-electron chi connectivity index (χ1n) is 5.42. The van der Waals surface area contributed by atoms with Crippen LogP contribution in [0.3, 0.4) is 0 Å². The molecule has 0 aliphatic carbocycles. The first-order chi connectivity index (χ1) is 8.33. The topological polar surface area (TPSA) is 76.0 Å². The molecule has 0 fully saturated rings. The molecule has 5 nitrogen and oxygen atoms in total. The van der Waals surface area contributed by atoms with Crippen LogP contribution in [0.4, 0.5) is 0 Å². The number of hydrogen-bond donors (Lipinski definition) is 1. The van der Waals surface area contributed by atoms with E-state index in [-0.39, 0.29) is 5.60 Å². The van der Waals surface area contributed by atoms with Crippen molar-refractivity contribution in [2.75, 3.05) is 0 Å². The quantitative estimate of drug-likeness (QED) is 0.656. The van der Waals surface area contributed by atoms with Gasteiger partial charge in [-0.2, -0.15) is 4.99 Å². The van der Waals surface area contributed by atoms with Crippen molar-refractivity contribution in [1.29, 1.82) is 0 Å². The number of benzene rings is 1. The highest BCUT2D eigenvalue weighted by atomic mass is 16.5. The number of carboxylic acid groups (broad SMARTS) is 1. The van der Waals surface area contributed by atoms with Gasteiger partial charge in [-0.3, -0.25) is 0 Å². The van der Waals surface area contributed by atoms with E-state index in [2.05, 4.69) is 4.99 Å². The van der Waals surface area contributed by atoms with Crippen molar-refractivity contribution in [3.8, 4) is 5.75 Å². The van der Waals surface area contributed by atoms with Crippen LogP contribution in [0, 0.1) is 0 Å². The Labute approximate surface area is 105 Å². The maximum Gasteiger partial charge on any atom is 0.334 e. The lowest BCUT2D eigenvalue weighted by atomic mass is 10.1. The number of nitrogens with zero attached hydrogens (tertiary/aromatic N) is 1. The monoisotopic (exact) mass is 249 g/mol. The number of carboxylic acids is 1. The van der Waals surface area contributed by atoms with Gasteiger partial charge in [0.05, 0.1) is 0 Å². The summed E-state index contributed by atoms with van der Waals surface area (Å²) in [6.45, 7) is 5.66. The summed E-state index contributed by atoms with van der Waals surface area (Å²) >= 11 is 0. The zero-order valence-corrected chi connectivity index (χ0v) is 10.5. The molecule has 0 amide bonds. The summed E-state index contributed by atoms with van der Waals surface area (Å²) in [4.78, 5) is 24.5. The normalized spacial score (nSPS) is 12.4. The Morgan fingerprint density at radius 2 is 2.11 bits per heavy atom. The van der Waals surface area contributed by atoms with Crippen LogP contribution >= 0.6 is 0 Å². The van der Waals surface area contributed by atoms with Gasteiger partial charge in [-0.1, -0.05) is 12.1 Å². The van der Waals surface area contributed by atoms with Crippen molar-refractivity contribution in [2.45, 2.75) is 32.4 Å². The molecule has 1 atom stereocenters. The summed E-state index contributed by atoms with van der Waals surface area (Å²) in [5.41, 5.74) is -0.00162. The number of isocyanates is 1. The number of carbonyl (C=O) groups is 1. The highest BCUT2D eigenvalue weighted by molar-refractivity contribution is 5.76. The SMILES string of the molecule is CC(C)(C)Oc1cccc(C(N=C=O)C(=O)O)c1. The van der Waals surface area contributed by atoms with Crippen LogP contribution in [0.2, 0.25) is 0 Å². The third-order valence-corrected chi connectivity index (χ3v) is 2.01. The van der Waals surface area contributed by atoms with E-state index in [0.717, 1.165) is 0 Å². The molecule has 0 bridgehead atoms. The number of hydrogen-bond acceptors (Lipinski definition) is 4. The zero-order valence-electron chi connectivity index (χ0n) is 10.5. The van der Waals surface area contributed by atoms with Crippen molar-refractivity contribution >= 4 is 12.0 Å². The second kappa shape index (κ2) is 5.47. The van der Waals surface area contributed by atoms with Crippen LogP contribution in [0.25, 0.3) is 0 Å². The van der Waals surface area contributed by atoms with Crippen LogP contribution in [-0.4, -0.2) is 22.8 Å². The second-order valence-electron chi connectivity index (χ2n) is 4.75. The minimum Gasteiger partial charge on any atom is -0.488 e. The molecule has 18 heavy (non-hydrogen) atoms. The fraction of sp³-hybridized carbons (Fsp3) is 0.385. The minimum atomic E-state index is -1.24. The van der Waals surface area contributed by atoms with Crippen molar-refractivity contribution in [3.63, 3.8) is 0 Å². The fourth-order valence-corrected chi connectivity index (χ4v) is 1.43. The smallest absolute Gasteiger partial charge is 0.334 e. The van der Waals surface area contributed by atoms with Crippen molar-refractivity contribution in [1.82, 2.24) is 0 Å². The van der Waals surface area contributed by atoms with Crippen molar-refractivity contribution in [2.24, 2.45) is 4.99 Å². The zero-order chi connectivity index (χ0) is 13.8. The largest absolute Gasteiger partial charge is 0.488 e. The van der Waals surface area contributed by atoms with E-state index in [0.29, 0.717) is 11.3 Å². The molecule has 0 spiro atoms. The standard InChI is InChI=1S/C13H15NO4/c1-13(2,3)18-10-6-4-5-9(7-10)11(12(16)17)14-8-15/h4-7,11H,1-3H3,(H,16,17). The van der Waals surface area contributed by atoms with E-state index in [1.807, 2.05) is 20.8 Å². The molecule has 0 heterocycles. The summed E-state index contributed by atoms with van der Waals surface area (Å²) in [6.07, 6.45) is 1.27. The fourth-order valence-electron chi connectivity index (χ4n) is 1.43. The molecule has 1 rings (SSSR count). The Balaban J connectivity index is 3.07. The Morgan fingerprint density at radius 3 is 2.61 bits per heavy atom. The van der Waals surface area contributed by atoms with Gasteiger partial charge >= 0.3 is 5.97 Å². The minimum absolute atomic E-state index is 0.382. The van der Waals surface area contributed by atoms with E-state index < -0.39 is 12.0 Å². The molecule has 0 aliphatic heterocycles. The van der Waals surface area contributed by atoms with Gasteiger partial charge in [0.1, 0.15) is 11.4 Å². The van der Waals surface area contributed by atoms with Crippen LogP contribution in [-0.2, 0) is 9.59 Å². The van der Waals surface area contributed by atoms with Gasteiger partial charge in [0.2, 0.25) is 6.08 Å². The molecular formula is C13H15NO4. The first-order valence-corrected chi connectivity index (χ1v) is 5.42. The molecule has 1 aromatic rings. The molecule has 0 radical (unpaired) electrons. The third kappa shape index (κ3) is 4.03. The van der Waals surface area contributed by atoms with Gasteiger partial charge < -0.3 is 9.84 Å². The van der Waals surface area contributed by atoms with Gasteiger partial charge in [-0.05, 0) is 38.5 Å². The van der Waals surface area contributed by atoms with E-state index in [9.17, 15) is 9.59 Å². The number of aliphatic carboxylic acids is 1. The average molecular weight is 249 g/mol. The van der Waals surface area contributed by atoms with E-state index in [4.69, 9.17) is 9.84 Å². The highest BCUT2D eigenvalue weighted by Crippen LogP contribution is 2.24. The van der Waals surface area contributed by atoms with Gasteiger partial charge in [0.15, 0.2) is 6.04 Å². The molecule has 1 N–H and O–H groups in total. The average Bonchev–Trinajstić information content (AvgIpc) is 2.23. The predicted molar refractivity (Wildman–Crippen MR) is 65.3 cm³/mol. The lowest BCUT2D eigenvalue weighted by Crippen LogP contribution is -2.23. The Kier molecular flexibility index (Phi) is 4.23. The summed E-state index contributed by atoms with van der Waals surface area (Å²) in [6, 6.07) is 5.27. The van der Waals surface area contributed by atoms with E-state index in [1.54, 1.807) is 24.3 Å². The Hall–Kier alpha value is -2.13. The molecular weight excluding hydrogens is 234 g/mol. The van der Waals surface area contributed by atoms with Crippen LogP contribution in [0.1, 0.15) is 32.4 Å². The third-order valence-electron chi connectivity index (χ3n) is 2.01. The summed E-state index contributed by atoms with van der Waals surface area (Å²) in [5, 5.41) is 8.97. The molecule has 0 aromatic heterocycles. The van der Waals surface area contributed by atoms with Gasteiger partial charge in [-0.15, -0.1) is 0 Å². The number of carbonyl (C=O) groups excluding carboxylic acids is 1. The first kappa shape index (κ1) is 13.9. The molecule has 5 heteroatoms. The van der Waals surface area contributed by atoms with Crippen molar-refractivity contribution in [3.05, 3.63) is 29.8 Å². The Bertz CT molecular complexity index is 482. The van der Waals surface area contributed by atoms with Gasteiger partial charge in [0.25, 0.3) is 0 Å². The van der Waals surface area contributed by atoms with Crippen LogP contribution in [0.15, 0.2) is 29.3 Å². The van der Waals surface area contributed by atoms with Crippen LogP contribution in [0.5, 0.6) is 5.75 Å². The summed E-state index contributed by atoms with van der Waals surface area (Å²) in [5.74, 6) is -0.668. The summed E-state index contributed by atoms with van der Waals surface area (Å²) in [7, 11) is 0. The predicted octanol–water partition coefficient (Wildman–Crippen LogP) is 2.33. The van der Waals surface area contributed by atoms with Crippen molar-refractivity contribution < 1.29 is 19.4 Å². The lowest BCUT2D eigenvalue weighted by molar-refractivity contribution is -0.138. The molecule has 1 unspecified atom stereocenters. The number of aliphatic imine (C=N–C) groups is 1. The lowest BCUT2D eigenvalue weighted by Gasteiger charge is -2.21. The highest BCUT2D eigenvalue weighted by Gasteiger charge is 2.20. The Morgan fingerprint density at radius 1 is 1.44 bits per heavy atom. The van der Waals surface area contributed by atoms with Gasteiger partial charge in [-0.25, -0.2) is 9.59 Å². The van der Waals surface area contributed by atoms with Crippen LogP contribution < -0.4 is 4.74 Å². The molecule has 96 valence electrons. The number of ether oxygens (including phenoxy) is 1. The maximum absolute atomic E-state index is 11.0. The second-order valence-corrected chi connectivity index (χ2v) is 4.75. The maximum atomic E-state index is 11.0. The summed E-state index contributed by atoms with van der Waals surface area (Å²) < 4.78 is 5.62. The molecule has 0 saturated heterocycles. The molecule has 0 saturated carbocycles. The van der Waals surface area contributed by atoms with Gasteiger partial charge in [0, 0.05) is 0 Å².